The van der Waals surface area contributed by atoms with Crippen LogP contribution in [0, 0.1) is 0 Å². The highest BCUT2D eigenvalue weighted by Crippen LogP contribution is 2.05. The second-order valence-corrected chi connectivity index (χ2v) is 4.16. The third kappa shape index (κ3) is 3.98. The SMILES string of the molecule is C/C(CN(Cc1ccccn1)C(C)C)=N\O. The van der Waals surface area contributed by atoms with E-state index in [-0.39, 0.29) is 0 Å². The summed E-state index contributed by atoms with van der Waals surface area (Å²) in [6.07, 6.45) is 1.79. The van der Waals surface area contributed by atoms with Gasteiger partial charge in [0, 0.05) is 25.3 Å². The van der Waals surface area contributed by atoms with Crippen LogP contribution in [0.15, 0.2) is 29.6 Å². The molecule has 1 heterocycles. The van der Waals surface area contributed by atoms with Crippen molar-refractivity contribution in [2.45, 2.75) is 33.4 Å². The first kappa shape index (κ1) is 12.6. The van der Waals surface area contributed by atoms with E-state index in [2.05, 4.69) is 28.9 Å². The van der Waals surface area contributed by atoms with Gasteiger partial charge >= 0.3 is 0 Å². The zero-order valence-electron chi connectivity index (χ0n) is 10.1. The number of nitrogens with zero attached hydrogens (tertiary/aromatic N) is 3. The molecule has 0 aromatic carbocycles. The minimum Gasteiger partial charge on any atom is -0.411 e. The Morgan fingerprint density at radius 3 is 2.75 bits per heavy atom. The fraction of sp³-hybridized carbons (Fsp3) is 0.500. The van der Waals surface area contributed by atoms with Crippen molar-refractivity contribution in [3.63, 3.8) is 0 Å². The molecular weight excluding hydrogens is 202 g/mol. The molecule has 0 fully saturated rings. The van der Waals surface area contributed by atoms with Crippen molar-refractivity contribution >= 4 is 5.71 Å². The molecule has 0 amide bonds. The van der Waals surface area contributed by atoms with E-state index in [1.54, 1.807) is 6.20 Å². The number of oxime groups is 1. The van der Waals surface area contributed by atoms with Crippen LogP contribution in [0.3, 0.4) is 0 Å². The molecule has 1 aromatic rings. The lowest BCUT2D eigenvalue weighted by atomic mass is 10.2. The molecule has 1 rings (SSSR count). The molecule has 0 saturated heterocycles. The predicted molar refractivity (Wildman–Crippen MR) is 64.7 cm³/mol. The van der Waals surface area contributed by atoms with Crippen LogP contribution in [0.4, 0.5) is 0 Å². The average Bonchev–Trinajstić information content (AvgIpc) is 2.29. The molecule has 0 saturated carbocycles. The van der Waals surface area contributed by atoms with Gasteiger partial charge in [-0.1, -0.05) is 11.2 Å². The van der Waals surface area contributed by atoms with Gasteiger partial charge in [0.05, 0.1) is 11.4 Å². The highest BCUT2D eigenvalue weighted by Gasteiger charge is 2.11. The fourth-order valence-corrected chi connectivity index (χ4v) is 1.45. The van der Waals surface area contributed by atoms with Gasteiger partial charge in [-0.15, -0.1) is 0 Å². The minimum absolute atomic E-state index is 0.388. The molecule has 0 atom stereocenters. The summed E-state index contributed by atoms with van der Waals surface area (Å²) in [6.45, 7) is 7.48. The maximum absolute atomic E-state index is 8.68. The van der Waals surface area contributed by atoms with Gasteiger partial charge < -0.3 is 5.21 Å². The van der Waals surface area contributed by atoms with Gasteiger partial charge in [-0.2, -0.15) is 0 Å². The number of pyridine rings is 1. The summed E-state index contributed by atoms with van der Waals surface area (Å²) in [5, 5.41) is 11.9. The van der Waals surface area contributed by atoms with Gasteiger partial charge in [-0.3, -0.25) is 9.88 Å². The largest absolute Gasteiger partial charge is 0.411 e. The summed E-state index contributed by atoms with van der Waals surface area (Å²) < 4.78 is 0. The third-order valence-electron chi connectivity index (χ3n) is 2.42. The molecule has 4 heteroatoms. The van der Waals surface area contributed by atoms with Crippen LogP contribution in [-0.4, -0.2) is 33.4 Å². The van der Waals surface area contributed by atoms with Gasteiger partial charge in [-0.05, 0) is 32.9 Å². The predicted octanol–water partition coefficient (Wildman–Crippen LogP) is 2.14. The molecule has 1 aromatic heterocycles. The molecule has 0 radical (unpaired) electrons. The van der Waals surface area contributed by atoms with E-state index in [9.17, 15) is 0 Å². The summed E-state index contributed by atoms with van der Waals surface area (Å²) in [5.74, 6) is 0. The van der Waals surface area contributed by atoms with Crippen LogP contribution in [0.1, 0.15) is 26.5 Å². The minimum atomic E-state index is 0.388. The Balaban J connectivity index is 2.65. The molecule has 1 N–H and O–H groups in total. The lowest BCUT2D eigenvalue weighted by Crippen LogP contribution is -2.34. The average molecular weight is 221 g/mol. The second-order valence-electron chi connectivity index (χ2n) is 4.16. The van der Waals surface area contributed by atoms with Crippen molar-refractivity contribution in [3.8, 4) is 0 Å². The zero-order chi connectivity index (χ0) is 12.0. The summed E-state index contributed by atoms with van der Waals surface area (Å²) in [4.78, 5) is 6.50. The molecule has 0 unspecified atom stereocenters. The number of rotatable bonds is 5. The molecule has 0 aliphatic carbocycles. The van der Waals surface area contributed by atoms with Crippen molar-refractivity contribution in [1.82, 2.24) is 9.88 Å². The lowest BCUT2D eigenvalue weighted by molar-refractivity contribution is 0.236. The fourth-order valence-electron chi connectivity index (χ4n) is 1.45. The summed E-state index contributed by atoms with van der Waals surface area (Å²) >= 11 is 0. The van der Waals surface area contributed by atoms with E-state index in [1.165, 1.54) is 0 Å². The van der Waals surface area contributed by atoms with Crippen molar-refractivity contribution in [3.05, 3.63) is 30.1 Å². The molecule has 0 bridgehead atoms. The molecule has 4 nitrogen and oxygen atoms in total. The topological polar surface area (TPSA) is 48.7 Å². The van der Waals surface area contributed by atoms with Crippen molar-refractivity contribution in [2.75, 3.05) is 6.54 Å². The highest BCUT2D eigenvalue weighted by molar-refractivity contribution is 5.83. The molecule has 0 aliphatic rings. The molecule has 0 aliphatic heterocycles. The molecule has 0 spiro atoms. The first-order valence-electron chi connectivity index (χ1n) is 5.45. The van der Waals surface area contributed by atoms with Gasteiger partial charge in [0.1, 0.15) is 0 Å². The number of hydrogen-bond donors (Lipinski definition) is 1. The standard InChI is InChI=1S/C12H19N3O/c1-10(2)15(8-11(3)14-16)9-12-6-4-5-7-13-12/h4-7,10,16H,8-9H2,1-3H3/b14-11+. The molecule has 16 heavy (non-hydrogen) atoms. The Morgan fingerprint density at radius 2 is 2.25 bits per heavy atom. The first-order chi connectivity index (χ1) is 7.63. The molecule has 88 valence electrons. The number of aromatic nitrogens is 1. The Hall–Kier alpha value is -1.42. The van der Waals surface area contributed by atoms with Crippen LogP contribution >= 0.6 is 0 Å². The van der Waals surface area contributed by atoms with Crippen molar-refractivity contribution < 1.29 is 5.21 Å². The van der Waals surface area contributed by atoms with Crippen LogP contribution in [0.25, 0.3) is 0 Å². The Morgan fingerprint density at radius 1 is 1.50 bits per heavy atom. The van der Waals surface area contributed by atoms with E-state index >= 15 is 0 Å². The number of hydrogen-bond acceptors (Lipinski definition) is 4. The Labute approximate surface area is 96.6 Å². The smallest absolute Gasteiger partial charge is 0.0680 e. The van der Waals surface area contributed by atoms with Gasteiger partial charge in [0.2, 0.25) is 0 Å². The normalized spacial score (nSPS) is 12.4. The van der Waals surface area contributed by atoms with Crippen LogP contribution < -0.4 is 0 Å². The van der Waals surface area contributed by atoms with Crippen LogP contribution in [0.5, 0.6) is 0 Å². The summed E-state index contributed by atoms with van der Waals surface area (Å²) in [5.41, 5.74) is 1.74. The summed E-state index contributed by atoms with van der Waals surface area (Å²) in [7, 11) is 0. The lowest BCUT2D eigenvalue weighted by Gasteiger charge is -2.25. The van der Waals surface area contributed by atoms with E-state index in [1.807, 2.05) is 25.1 Å². The second kappa shape index (κ2) is 6.23. The third-order valence-corrected chi connectivity index (χ3v) is 2.42. The van der Waals surface area contributed by atoms with E-state index in [4.69, 9.17) is 5.21 Å². The molecular formula is C12H19N3O. The maximum Gasteiger partial charge on any atom is 0.0680 e. The highest BCUT2D eigenvalue weighted by atomic mass is 16.4. The monoisotopic (exact) mass is 221 g/mol. The van der Waals surface area contributed by atoms with E-state index in [0.717, 1.165) is 12.2 Å². The van der Waals surface area contributed by atoms with Gasteiger partial charge in [-0.25, -0.2) is 0 Å². The van der Waals surface area contributed by atoms with Gasteiger partial charge in [0.15, 0.2) is 0 Å². The maximum atomic E-state index is 8.68. The van der Waals surface area contributed by atoms with Crippen molar-refractivity contribution in [1.29, 1.82) is 0 Å². The van der Waals surface area contributed by atoms with E-state index in [0.29, 0.717) is 18.3 Å². The summed E-state index contributed by atoms with van der Waals surface area (Å²) in [6, 6.07) is 6.27. The van der Waals surface area contributed by atoms with Gasteiger partial charge in [0.25, 0.3) is 0 Å². The van der Waals surface area contributed by atoms with E-state index < -0.39 is 0 Å². The first-order valence-corrected chi connectivity index (χ1v) is 5.45. The Bertz CT molecular complexity index is 335. The van der Waals surface area contributed by atoms with Crippen LogP contribution in [-0.2, 0) is 6.54 Å². The zero-order valence-corrected chi connectivity index (χ0v) is 10.1. The Kier molecular flexibility index (Phi) is 4.92. The van der Waals surface area contributed by atoms with Crippen LogP contribution in [0.2, 0.25) is 0 Å². The van der Waals surface area contributed by atoms with Crippen molar-refractivity contribution in [2.24, 2.45) is 5.16 Å². The quantitative estimate of drug-likeness (QED) is 0.471.